The highest BCUT2D eigenvalue weighted by Gasteiger charge is 2.30. The molecule has 194 valence electrons. The lowest BCUT2D eigenvalue weighted by Gasteiger charge is -2.37. The van der Waals surface area contributed by atoms with Gasteiger partial charge in [0.15, 0.2) is 0 Å². The van der Waals surface area contributed by atoms with Crippen LogP contribution < -0.4 is 4.90 Å². The van der Waals surface area contributed by atoms with Crippen LogP contribution in [-0.2, 0) is 24.2 Å². The second-order valence-electron chi connectivity index (χ2n) is 9.30. The van der Waals surface area contributed by atoms with Gasteiger partial charge in [0.25, 0.3) is 0 Å². The number of ether oxygens (including phenoxy) is 1. The average Bonchev–Trinajstić information content (AvgIpc) is 3.19. The highest BCUT2D eigenvalue weighted by Crippen LogP contribution is 2.39. The number of thioether (sulfide) groups is 1. The van der Waals surface area contributed by atoms with E-state index in [1.807, 2.05) is 18.8 Å². The number of benzene rings is 2. The summed E-state index contributed by atoms with van der Waals surface area (Å²) < 4.78 is 7.98. The van der Waals surface area contributed by atoms with Crippen molar-refractivity contribution in [1.82, 2.24) is 14.7 Å². The maximum Gasteiger partial charge on any atom is 0.137 e. The smallest absolute Gasteiger partial charge is 0.137 e. The summed E-state index contributed by atoms with van der Waals surface area (Å²) in [4.78, 5) is 4.60. The molecular formula is C27H33Cl3N4OS. The van der Waals surface area contributed by atoms with E-state index in [-0.39, 0.29) is 6.04 Å². The minimum atomic E-state index is 0.285. The van der Waals surface area contributed by atoms with Crippen LogP contribution >= 0.6 is 46.6 Å². The van der Waals surface area contributed by atoms with Crippen molar-refractivity contribution in [3.8, 4) is 5.69 Å². The number of hydrogen-bond acceptors (Lipinski definition) is 5. The molecule has 0 radical (unpaired) electrons. The molecule has 1 aliphatic heterocycles. The van der Waals surface area contributed by atoms with Gasteiger partial charge in [0.2, 0.25) is 0 Å². The van der Waals surface area contributed by atoms with Crippen LogP contribution in [0.5, 0.6) is 0 Å². The quantitative estimate of drug-likeness (QED) is 0.189. The molecule has 3 aromatic rings. The molecule has 1 atom stereocenters. The van der Waals surface area contributed by atoms with E-state index in [2.05, 4.69) is 47.2 Å². The number of unbranched alkanes of at least 4 members (excludes halogenated alkanes) is 1. The van der Waals surface area contributed by atoms with Crippen LogP contribution in [-0.4, -0.2) is 54.3 Å². The SMILES string of the molecule is CCCCOCC1Cc2ccccc2CN1Cc1c(SC)nn(-c2c(Cl)cc(Cl)cc2Cl)c1N(C)C. The van der Waals surface area contributed by atoms with Crippen LogP contribution in [0.1, 0.15) is 36.5 Å². The van der Waals surface area contributed by atoms with Gasteiger partial charge < -0.3 is 9.64 Å². The van der Waals surface area contributed by atoms with Crippen LogP contribution in [0, 0.1) is 0 Å². The van der Waals surface area contributed by atoms with Crippen molar-refractivity contribution in [3.63, 3.8) is 0 Å². The van der Waals surface area contributed by atoms with E-state index in [1.165, 1.54) is 11.1 Å². The lowest BCUT2D eigenvalue weighted by molar-refractivity contribution is 0.0442. The van der Waals surface area contributed by atoms with E-state index in [1.54, 1.807) is 23.9 Å². The van der Waals surface area contributed by atoms with Gasteiger partial charge in [0.1, 0.15) is 16.5 Å². The summed E-state index contributed by atoms with van der Waals surface area (Å²) in [5.41, 5.74) is 4.56. The van der Waals surface area contributed by atoms with Crippen LogP contribution in [0.25, 0.3) is 5.69 Å². The van der Waals surface area contributed by atoms with Crippen molar-refractivity contribution in [3.05, 3.63) is 68.2 Å². The molecule has 1 aromatic heterocycles. The predicted octanol–water partition coefficient (Wildman–Crippen LogP) is 7.36. The Hall–Kier alpha value is -1.41. The van der Waals surface area contributed by atoms with Gasteiger partial charge in [0, 0.05) is 50.4 Å². The summed E-state index contributed by atoms with van der Waals surface area (Å²) in [5.74, 6) is 0.954. The summed E-state index contributed by atoms with van der Waals surface area (Å²) in [6, 6.07) is 12.4. The molecule has 0 saturated carbocycles. The zero-order chi connectivity index (χ0) is 25.8. The molecule has 4 rings (SSSR count). The number of hydrogen-bond donors (Lipinski definition) is 0. The third kappa shape index (κ3) is 6.01. The Morgan fingerprint density at radius 2 is 1.81 bits per heavy atom. The van der Waals surface area contributed by atoms with Gasteiger partial charge in [-0.05, 0) is 42.4 Å². The van der Waals surface area contributed by atoms with E-state index >= 15 is 0 Å². The minimum absolute atomic E-state index is 0.285. The van der Waals surface area contributed by atoms with Gasteiger partial charge in [-0.3, -0.25) is 4.90 Å². The van der Waals surface area contributed by atoms with E-state index in [0.717, 1.165) is 55.4 Å². The Bertz CT molecular complexity index is 1180. The van der Waals surface area contributed by atoms with Gasteiger partial charge >= 0.3 is 0 Å². The molecule has 0 bridgehead atoms. The standard InChI is InChI=1S/C27H33Cl3N4OS/c1-5-6-11-35-17-21-12-18-9-7-8-10-19(18)15-33(21)16-22-26(36-4)31-34(27(22)32(2)3)25-23(29)13-20(28)14-24(25)30/h7-10,13-14,21H,5-6,11-12,15-17H2,1-4H3. The Balaban J connectivity index is 1.73. The first-order valence-corrected chi connectivity index (χ1v) is 14.6. The van der Waals surface area contributed by atoms with Crippen molar-refractivity contribution in [2.75, 3.05) is 38.5 Å². The Kier molecular flexibility index (Phi) is 9.53. The normalized spacial score (nSPS) is 15.8. The molecule has 0 aliphatic carbocycles. The molecule has 0 amide bonds. The number of rotatable bonds is 10. The molecule has 0 spiro atoms. The second kappa shape index (κ2) is 12.4. The third-order valence-corrected chi connectivity index (χ3v) is 8.02. The molecule has 0 fully saturated rings. The summed E-state index contributed by atoms with van der Waals surface area (Å²) in [7, 11) is 4.05. The minimum Gasteiger partial charge on any atom is -0.380 e. The first kappa shape index (κ1) is 27.6. The predicted molar refractivity (Wildman–Crippen MR) is 154 cm³/mol. The molecule has 0 N–H and O–H groups in total. The van der Waals surface area contributed by atoms with Crippen molar-refractivity contribution < 1.29 is 4.74 Å². The molecule has 9 heteroatoms. The second-order valence-corrected chi connectivity index (χ2v) is 11.3. The lowest BCUT2D eigenvalue weighted by atomic mass is 9.94. The van der Waals surface area contributed by atoms with Crippen LogP contribution in [0.2, 0.25) is 15.1 Å². The Morgan fingerprint density at radius 3 is 2.44 bits per heavy atom. The van der Waals surface area contributed by atoms with Gasteiger partial charge in [-0.15, -0.1) is 11.8 Å². The van der Waals surface area contributed by atoms with Crippen LogP contribution in [0.4, 0.5) is 5.82 Å². The van der Waals surface area contributed by atoms with Crippen LogP contribution in [0.3, 0.4) is 0 Å². The molecule has 36 heavy (non-hydrogen) atoms. The van der Waals surface area contributed by atoms with Gasteiger partial charge in [-0.25, -0.2) is 4.68 Å². The highest BCUT2D eigenvalue weighted by molar-refractivity contribution is 7.98. The topological polar surface area (TPSA) is 33.5 Å². The molecule has 1 aliphatic rings. The monoisotopic (exact) mass is 566 g/mol. The number of fused-ring (bicyclic) bond motifs is 1. The summed E-state index contributed by atoms with van der Waals surface area (Å²) in [5, 5.41) is 7.33. The van der Waals surface area contributed by atoms with E-state index in [0.29, 0.717) is 27.4 Å². The summed E-state index contributed by atoms with van der Waals surface area (Å²) in [6.07, 6.45) is 5.24. The fourth-order valence-corrected chi connectivity index (χ4v) is 6.28. The number of aromatic nitrogens is 2. The Morgan fingerprint density at radius 1 is 1.11 bits per heavy atom. The summed E-state index contributed by atoms with van der Waals surface area (Å²) >= 11 is 21.1. The van der Waals surface area contributed by atoms with Gasteiger partial charge in [-0.1, -0.05) is 72.4 Å². The average molecular weight is 568 g/mol. The van der Waals surface area contributed by atoms with Gasteiger partial charge in [-0.2, -0.15) is 5.10 Å². The number of halogens is 3. The molecular weight excluding hydrogens is 535 g/mol. The van der Waals surface area contributed by atoms with Crippen LogP contribution in [0.15, 0.2) is 41.4 Å². The van der Waals surface area contributed by atoms with E-state index < -0.39 is 0 Å². The zero-order valence-electron chi connectivity index (χ0n) is 21.2. The fourth-order valence-electron chi connectivity index (χ4n) is 4.74. The van der Waals surface area contributed by atoms with E-state index in [4.69, 9.17) is 44.6 Å². The molecule has 0 saturated heterocycles. The van der Waals surface area contributed by atoms with Crippen molar-refractivity contribution in [1.29, 1.82) is 0 Å². The maximum atomic E-state index is 6.62. The Labute approximate surface area is 233 Å². The largest absolute Gasteiger partial charge is 0.380 e. The van der Waals surface area contributed by atoms with E-state index in [9.17, 15) is 0 Å². The molecule has 2 heterocycles. The number of anilines is 1. The molecule has 5 nitrogen and oxygen atoms in total. The maximum absolute atomic E-state index is 6.62. The van der Waals surface area contributed by atoms with Gasteiger partial charge in [0.05, 0.1) is 16.7 Å². The third-order valence-electron chi connectivity index (χ3n) is 6.51. The highest BCUT2D eigenvalue weighted by atomic mass is 35.5. The first-order chi connectivity index (χ1) is 17.3. The molecule has 1 unspecified atom stereocenters. The van der Waals surface area contributed by atoms with Crippen molar-refractivity contribution in [2.24, 2.45) is 0 Å². The lowest BCUT2D eigenvalue weighted by Crippen LogP contribution is -2.43. The van der Waals surface area contributed by atoms with Crippen molar-refractivity contribution >= 4 is 52.4 Å². The fraction of sp³-hybridized carbons (Fsp3) is 0.444. The molecule has 2 aromatic carbocycles. The van der Waals surface area contributed by atoms with Crippen molar-refractivity contribution in [2.45, 2.75) is 50.3 Å². The first-order valence-electron chi connectivity index (χ1n) is 12.2. The zero-order valence-corrected chi connectivity index (χ0v) is 24.3. The summed E-state index contributed by atoms with van der Waals surface area (Å²) in [6.45, 7) is 5.31. The number of nitrogens with zero attached hydrogens (tertiary/aromatic N) is 4.